The van der Waals surface area contributed by atoms with Crippen LogP contribution in [0.25, 0.3) is 0 Å². The molecule has 3 heteroatoms. The zero-order valence-corrected chi connectivity index (χ0v) is 15.7. The number of hydrogen-bond donors (Lipinski definition) is 1. The molecule has 0 aromatic heterocycles. The molecular weight excluding hydrogens is 318 g/mol. The van der Waals surface area contributed by atoms with E-state index in [1.165, 1.54) is 16.7 Å². The molecule has 0 spiro atoms. The molecule has 0 saturated heterocycles. The fourth-order valence-electron chi connectivity index (χ4n) is 3.58. The minimum atomic E-state index is -0.247. The van der Waals surface area contributed by atoms with E-state index in [1.54, 1.807) is 0 Å². The van der Waals surface area contributed by atoms with E-state index >= 15 is 0 Å². The highest BCUT2D eigenvalue weighted by Gasteiger charge is 2.27. The van der Waals surface area contributed by atoms with E-state index in [0.29, 0.717) is 17.0 Å². The van der Waals surface area contributed by atoms with Gasteiger partial charge in [0.1, 0.15) is 11.4 Å². The van der Waals surface area contributed by atoms with E-state index < -0.39 is 0 Å². The highest BCUT2D eigenvalue weighted by Crippen LogP contribution is 2.42. The fourth-order valence-corrected chi connectivity index (χ4v) is 3.81. The van der Waals surface area contributed by atoms with Crippen LogP contribution in [0.5, 0.6) is 5.75 Å². The van der Waals surface area contributed by atoms with Crippen molar-refractivity contribution in [1.29, 1.82) is 0 Å². The molecule has 0 heterocycles. The van der Waals surface area contributed by atoms with Crippen molar-refractivity contribution in [2.75, 3.05) is 7.05 Å². The van der Waals surface area contributed by atoms with Crippen LogP contribution in [0.15, 0.2) is 42.5 Å². The normalized spacial score (nSPS) is 20.5. The maximum absolute atomic E-state index is 6.50. The Morgan fingerprint density at radius 3 is 2.38 bits per heavy atom. The fraction of sp³-hybridized carbons (Fsp3) is 0.429. The van der Waals surface area contributed by atoms with Crippen LogP contribution in [0.3, 0.4) is 0 Å². The molecule has 1 aliphatic rings. The minimum Gasteiger partial charge on any atom is -0.487 e. The van der Waals surface area contributed by atoms with Crippen molar-refractivity contribution in [3.05, 3.63) is 64.2 Å². The first kappa shape index (κ1) is 17.3. The van der Waals surface area contributed by atoms with Gasteiger partial charge in [-0.05, 0) is 69.5 Å². The molecule has 2 aromatic carbocycles. The number of fused-ring (bicyclic) bond motifs is 1. The molecule has 2 nitrogen and oxygen atoms in total. The van der Waals surface area contributed by atoms with Gasteiger partial charge in [0.2, 0.25) is 0 Å². The number of halogens is 1. The number of ether oxygens (including phenoxy) is 1. The molecule has 24 heavy (non-hydrogen) atoms. The molecule has 3 rings (SSSR count). The number of hydrogen-bond acceptors (Lipinski definition) is 2. The summed E-state index contributed by atoms with van der Waals surface area (Å²) in [5, 5.41) is 4.12. The van der Waals surface area contributed by atoms with Crippen LogP contribution in [0, 0.1) is 0 Å². The number of nitrogens with one attached hydrogen (secondary N) is 1. The molecule has 0 radical (unpaired) electrons. The summed E-state index contributed by atoms with van der Waals surface area (Å²) in [5.41, 5.74) is 3.83. The molecule has 0 aliphatic heterocycles. The van der Waals surface area contributed by atoms with Gasteiger partial charge in [0.05, 0.1) is 5.02 Å². The summed E-state index contributed by atoms with van der Waals surface area (Å²) < 4.78 is 5.94. The molecule has 0 unspecified atom stereocenters. The summed E-state index contributed by atoms with van der Waals surface area (Å²) in [6, 6.07) is 15.4. The Hall–Kier alpha value is -1.51. The van der Waals surface area contributed by atoms with E-state index in [1.807, 2.05) is 33.9 Å². The van der Waals surface area contributed by atoms with Gasteiger partial charge in [-0.25, -0.2) is 0 Å². The van der Waals surface area contributed by atoms with E-state index in [2.05, 4.69) is 41.7 Å². The largest absolute Gasteiger partial charge is 0.487 e. The van der Waals surface area contributed by atoms with E-state index in [9.17, 15) is 0 Å². The van der Waals surface area contributed by atoms with Crippen LogP contribution in [-0.4, -0.2) is 12.6 Å². The molecule has 0 bridgehead atoms. The van der Waals surface area contributed by atoms with Gasteiger partial charge < -0.3 is 10.1 Å². The van der Waals surface area contributed by atoms with Crippen LogP contribution < -0.4 is 10.1 Å². The first-order valence-corrected chi connectivity index (χ1v) is 9.01. The average molecular weight is 344 g/mol. The van der Waals surface area contributed by atoms with Crippen LogP contribution in [-0.2, 0) is 0 Å². The molecule has 128 valence electrons. The zero-order valence-electron chi connectivity index (χ0n) is 14.9. The zero-order chi connectivity index (χ0) is 17.3. The second-order valence-electron chi connectivity index (χ2n) is 7.50. The van der Waals surface area contributed by atoms with Crippen molar-refractivity contribution >= 4 is 11.6 Å². The molecular formula is C21H26ClNO. The lowest BCUT2D eigenvalue weighted by molar-refractivity contribution is 0.131. The lowest BCUT2D eigenvalue weighted by atomic mass is 9.77. The van der Waals surface area contributed by atoms with Crippen LogP contribution in [0.4, 0.5) is 0 Å². The average Bonchev–Trinajstić information content (AvgIpc) is 2.54. The van der Waals surface area contributed by atoms with Crippen molar-refractivity contribution in [2.45, 2.75) is 51.2 Å². The van der Waals surface area contributed by atoms with Crippen LogP contribution in [0.2, 0.25) is 5.02 Å². The smallest absolute Gasteiger partial charge is 0.138 e. The van der Waals surface area contributed by atoms with Gasteiger partial charge in [0.15, 0.2) is 0 Å². The standard InChI is InChI=1S/C21H26ClNO/c1-21(2,3)24-20-12-9-14(13-18(20)22)15-10-11-19(23-4)17-8-6-5-7-16(15)17/h5-9,12-13,15,19,23H,10-11H2,1-4H3/t15-,19-/m0/s1. The Labute approximate surface area is 150 Å². The van der Waals surface area contributed by atoms with E-state index in [4.69, 9.17) is 16.3 Å². The van der Waals surface area contributed by atoms with Gasteiger partial charge in [0, 0.05) is 12.0 Å². The Kier molecular flexibility index (Phi) is 4.89. The van der Waals surface area contributed by atoms with E-state index in [-0.39, 0.29) is 5.60 Å². The Morgan fingerprint density at radius 2 is 1.75 bits per heavy atom. The summed E-state index contributed by atoms with van der Waals surface area (Å²) in [7, 11) is 2.04. The summed E-state index contributed by atoms with van der Waals surface area (Å²) in [5.74, 6) is 1.15. The first-order valence-electron chi connectivity index (χ1n) is 8.63. The highest BCUT2D eigenvalue weighted by molar-refractivity contribution is 6.32. The quantitative estimate of drug-likeness (QED) is 0.771. The summed E-state index contributed by atoms with van der Waals surface area (Å²) >= 11 is 6.50. The molecule has 0 fully saturated rings. The third-order valence-corrected chi connectivity index (χ3v) is 4.91. The van der Waals surface area contributed by atoms with Crippen LogP contribution >= 0.6 is 11.6 Å². The predicted molar refractivity (Wildman–Crippen MR) is 101 cm³/mol. The summed E-state index contributed by atoms with van der Waals surface area (Å²) in [4.78, 5) is 0. The van der Waals surface area contributed by atoms with E-state index in [0.717, 1.165) is 18.6 Å². The second-order valence-corrected chi connectivity index (χ2v) is 7.91. The number of benzene rings is 2. The monoisotopic (exact) mass is 343 g/mol. The number of rotatable bonds is 3. The predicted octanol–water partition coefficient (Wildman–Crippen LogP) is 5.70. The van der Waals surface area contributed by atoms with Crippen LogP contribution in [0.1, 0.15) is 62.3 Å². The van der Waals surface area contributed by atoms with Crippen molar-refractivity contribution in [3.63, 3.8) is 0 Å². The van der Waals surface area contributed by atoms with Crippen molar-refractivity contribution in [2.24, 2.45) is 0 Å². The summed E-state index contributed by atoms with van der Waals surface area (Å²) in [6.45, 7) is 6.10. The van der Waals surface area contributed by atoms with Gasteiger partial charge in [-0.2, -0.15) is 0 Å². The molecule has 2 atom stereocenters. The lowest BCUT2D eigenvalue weighted by Crippen LogP contribution is -2.24. The van der Waals surface area contributed by atoms with Crippen molar-refractivity contribution < 1.29 is 4.74 Å². The SMILES string of the molecule is CN[C@H]1CC[C@@H](c2ccc(OC(C)(C)C)c(Cl)c2)c2ccccc21. The topological polar surface area (TPSA) is 21.3 Å². The second kappa shape index (κ2) is 6.78. The maximum Gasteiger partial charge on any atom is 0.138 e. The molecule has 1 N–H and O–H groups in total. The molecule has 0 saturated carbocycles. The Bertz CT molecular complexity index is 720. The highest BCUT2D eigenvalue weighted by atomic mass is 35.5. The van der Waals surface area contributed by atoms with Crippen molar-refractivity contribution in [1.82, 2.24) is 5.32 Å². The van der Waals surface area contributed by atoms with Gasteiger partial charge in [-0.1, -0.05) is 41.9 Å². The van der Waals surface area contributed by atoms with Gasteiger partial charge in [-0.15, -0.1) is 0 Å². The van der Waals surface area contributed by atoms with Gasteiger partial charge in [-0.3, -0.25) is 0 Å². The minimum absolute atomic E-state index is 0.247. The molecule has 0 amide bonds. The summed E-state index contributed by atoms with van der Waals surface area (Å²) in [6.07, 6.45) is 2.26. The molecule has 1 aliphatic carbocycles. The first-order chi connectivity index (χ1) is 11.4. The van der Waals surface area contributed by atoms with Crippen molar-refractivity contribution in [3.8, 4) is 5.75 Å². The van der Waals surface area contributed by atoms with Gasteiger partial charge in [0.25, 0.3) is 0 Å². The third-order valence-electron chi connectivity index (χ3n) is 4.61. The lowest BCUT2D eigenvalue weighted by Gasteiger charge is -2.32. The Balaban J connectivity index is 1.94. The Morgan fingerprint density at radius 1 is 1.04 bits per heavy atom. The molecule has 2 aromatic rings. The van der Waals surface area contributed by atoms with Gasteiger partial charge >= 0.3 is 0 Å². The third kappa shape index (κ3) is 3.60. The maximum atomic E-state index is 6.50.